The first kappa shape index (κ1) is 21.0. The fraction of sp³-hybridized carbons (Fsp3) is 0.360. The van der Waals surface area contributed by atoms with Crippen molar-refractivity contribution >= 4 is 20.8 Å². The van der Waals surface area contributed by atoms with E-state index < -0.39 is 10.0 Å². The van der Waals surface area contributed by atoms with E-state index in [0.29, 0.717) is 24.5 Å². The number of fused-ring (bicyclic) bond motifs is 1. The molecule has 0 aromatic heterocycles. The Hall–Kier alpha value is -2.21. The minimum atomic E-state index is -3.16. The van der Waals surface area contributed by atoms with Gasteiger partial charge in [-0.2, -0.15) is 0 Å². The van der Waals surface area contributed by atoms with Gasteiger partial charge in [0, 0.05) is 18.6 Å². The van der Waals surface area contributed by atoms with Crippen LogP contribution in [0.4, 0.5) is 0 Å². The second kappa shape index (κ2) is 8.88. The van der Waals surface area contributed by atoms with Gasteiger partial charge in [0.2, 0.25) is 10.0 Å². The maximum absolute atomic E-state index is 11.3. The Morgan fingerprint density at radius 3 is 2.47 bits per heavy atom. The number of rotatable bonds is 7. The Labute approximate surface area is 179 Å². The predicted molar refractivity (Wildman–Crippen MR) is 124 cm³/mol. The monoisotopic (exact) mass is 422 g/mol. The molecule has 3 atom stereocenters. The Balaban J connectivity index is 1.37. The maximum atomic E-state index is 11.3. The van der Waals surface area contributed by atoms with Crippen molar-refractivity contribution < 1.29 is 8.42 Å². The summed E-state index contributed by atoms with van der Waals surface area (Å²) in [4.78, 5) is 0. The van der Waals surface area contributed by atoms with Gasteiger partial charge < -0.3 is 5.32 Å². The van der Waals surface area contributed by atoms with Crippen molar-refractivity contribution in [1.82, 2.24) is 10.0 Å². The maximum Gasteiger partial charge on any atom is 0.209 e. The van der Waals surface area contributed by atoms with Crippen molar-refractivity contribution in [3.05, 3.63) is 83.4 Å². The number of sulfonamides is 1. The van der Waals surface area contributed by atoms with Gasteiger partial charge in [-0.15, -0.1) is 0 Å². The molecule has 0 spiro atoms. The molecule has 1 aliphatic carbocycles. The molecule has 4 rings (SSSR count). The van der Waals surface area contributed by atoms with Crippen molar-refractivity contribution in [2.45, 2.75) is 50.7 Å². The van der Waals surface area contributed by atoms with Crippen molar-refractivity contribution in [3.8, 4) is 0 Å². The SMILES string of the molecule is CC(NC1CCC(c2ccc(CNS(C)(=O)=O)cc2)C1)c1cccc2ccccc12. The molecule has 30 heavy (non-hydrogen) atoms. The van der Waals surface area contributed by atoms with Crippen LogP contribution in [0, 0.1) is 0 Å². The van der Waals surface area contributed by atoms with Crippen LogP contribution < -0.4 is 10.0 Å². The Kier molecular flexibility index (Phi) is 6.23. The van der Waals surface area contributed by atoms with Crippen molar-refractivity contribution in [2.75, 3.05) is 6.26 Å². The zero-order valence-corrected chi connectivity index (χ0v) is 18.5. The minimum Gasteiger partial charge on any atom is -0.307 e. The molecule has 0 radical (unpaired) electrons. The average Bonchev–Trinajstić information content (AvgIpc) is 3.20. The molecule has 2 N–H and O–H groups in total. The molecular formula is C25H30N2O2S. The highest BCUT2D eigenvalue weighted by Gasteiger charge is 2.27. The third-order valence-corrected chi connectivity index (χ3v) is 6.87. The van der Waals surface area contributed by atoms with Crippen molar-refractivity contribution in [1.29, 1.82) is 0 Å². The second-order valence-corrected chi connectivity index (χ2v) is 10.3. The average molecular weight is 423 g/mol. The van der Waals surface area contributed by atoms with Gasteiger partial charge in [0.25, 0.3) is 0 Å². The van der Waals surface area contributed by atoms with Gasteiger partial charge in [-0.3, -0.25) is 0 Å². The normalized spacial score (nSPS) is 20.5. The summed E-state index contributed by atoms with van der Waals surface area (Å²) < 4.78 is 25.1. The van der Waals surface area contributed by atoms with Crippen LogP contribution in [0.25, 0.3) is 10.8 Å². The Morgan fingerprint density at radius 1 is 0.967 bits per heavy atom. The first-order valence-corrected chi connectivity index (χ1v) is 12.6. The number of nitrogens with one attached hydrogen (secondary N) is 2. The number of benzene rings is 3. The van der Waals surface area contributed by atoms with E-state index in [2.05, 4.69) is 71.6 Å². The summed E-state index contributed by atoms with van der Waals surface area (Å²) in [6.07, 6.45) is 4.68. The van der Waals surface area contributed by atoms with Crippen molar-refractivity contribution in [3.63, 3.8) is 0 Å². The van der Waals surface area contributed by atoms with E-state index in [4.69, 9.17) is 0 Å². The molecule has 0 amide bonds. The molecule has 5 heteroatoms. The lowest BCUT2D eigenvalue weighted by Crippen LogP contribution is -2.29. The molecule has 0 saturated heterocycles. The highest BCUT2D eigenvalue weighted by molar-refractivity contribution is 7.88. The molecule has 1 fully saturated rings. The fourth-order valence-electron chi connectivity index (χ4n) is 4.63. The summed E-state index contributed by atoms with van der Waals surface area (Å²) in [5.41, 5.74) is 3.70. The van der Waals surface area contributed by atoms with E-state index in [0.717, 1.165) is 12.0 Å². The van der Waals surface area contributed by atoms with E-state index in [1.165, 1.54) is 41.0 Å². The molecule has 158 valence electrons. The summed E-state index contributed by atoms with van der Waals surface area (Å²) in [5.74, 6) is 0.555. The first-order valence-electron chi connectivity index (χ1n) is 10.7. The van der Waals surface area contributed by atoms with Gasteiger partial charge in [0.05, 0.1) is 6.26 Å². The fourth-order valence-corrected chi connectivity index (χ4v) is 5.06. The molecule has 4 nitrogen and oxygen atoms in total. The topological polar surface area (TPSA) is 58.2 Å². The van der Waals surface area contributed by atoms with E-state index in [-0.39, 0.29) is 0 Å². The molecule has 0 heterocycles. The zero-order valence-electron chi connectivity index (χ0n) is 17.6. The standard InChI is InChI=1S/C25H30N2O2S/c1-18(24-9-5-7-21-6-3-4-8-25(21)24)27-23-15-14-22(16-23)20-12-10-19(11-13-20)17-26-30(2,28)29/h3-13,18,22-23,26-27H,14-17H2,1-2H3. The second-order valence-electron chi connectivity index (χ2n) is 8.50. The van der Waals surface area contributed by atoms with Gasteiger partial charge in [-0.1, -0.05) is 66.7 Å². The third kappa shape index (κ3) is 5.09. The quantitative estimate of drug-likeness (QED) is 0.571. The van der Waals surface area contributed by atoms with Crippen LogP contribution in [-0.4, -0.2) is 20.7 Å². The molecule has 3 aromatic carbocycles. The van der Waals surface area contributed by atoms with Crippen LogP contribution in [-0.2, 0) is 16.6 Å². The molecule has 1 aliphatic rings. The smallest absolute Gasteiger partial charge is 0.209 e. The van der Waals surface area contributed by atoms with Gasteiger partial charge in [0.15, 0.2) is 0 Å². The summed E-state index contributed by atoms with van der Waals surface area (Å²) in [6.45, 7) is 2.61. The van der Waals surface area contributed by atoms with Crippen LogP contribution in [0.1, 0.15) is 54.8 Å². The molecule has 1 saturated carbocycles. The predicted octanol–water partition coefficient (Wildman–Crippen LogP) is 4.88. The zero-order chi connectivity index (χ0) is 21.1. The molecule has 0 bridgehead atoms. The summed E-state index contributed by atoms with van der Waals surface area (Å²) in [6, 6.07) is 24.3. The van der Waals surface area contributed by atoms with E-state index in [9.17, 15) is 8.42 Å². The van der Waals surface area contributed by atoms with Crippen LogP contribution in [0.3, 0.4) is 0 Å². The minimum absolute atomic E-state index is 0.310. The lowest BCUT2D eigenvalue weighted by atomic mass is 9.96. The van der Waals surface area contributed by atoms with Gasteiger partial charge in [-0.05, 0) is 59.6 Å². The lowest BCUT2D eigenvalue weighted by Gasteiger charge is -2.21. The van der Waals surface area contributed by atoms with E-state index >= 15 is 0 Å². The molecule has 3 aromatic rings. The largest absolute Gasteiger partial charge is 0.307 e. The van der Waals surface area contributed by atoms with Crippen LogP contribution in [0.15, 0.2) is 66.7 Å². The summed E-state index contributed by atoms with van der Waals surface area (Å²) >= 11 is 0. The highest BCUT2D eigenvalue weighted by Crippen LogP contribution is 2.36. The summed E-state index contributed by atoms with van der Waals surface area (Å²) in [7, 11) is -3.16. The third-order valence-electron chi connectivity index (χ3n) is 6.20. The first-order chi connectivity index (χ1) is 14.4. The van der Waals surface area contributed by atoms with Crippen molar-refractivity contribution in [2.24, 2.45) is 0 Å². The number of hydrogen-bond donors (Lipinski definition) is 2. The van der Waals surface area contributed by atoms with E-state index in [1.807, 2.05) is 12.1 Å². The van der Waals surface area contributed by atoms with Gasteiger partial charge in [0.1, 0.15) is 0 Å². The summed E-state index contributed by atoms with van der Waals surface area (Å²) in [5, 5.41) is 6.48. The van der Waals surface area contributed by atoms with E-state index in [1.54, 1.807) is 0 Å². The Bertz CT molecular complexity index is 1100. The molecule has 0 aliphatic heterocycles. The molecular weight excluding hydrogens is 392 g/mol. The van der Waals surface area contributed by atoms with Gasteiger partial charge in [-0.25, -0.2) is 13.1 Å². The van der Waals surface area contributed by atoms with Crippen LogP contribution in [0.5, 0.6) is 0 Å². The number of hydrogen-bond acceptors (Lipinski definition) is 3. The van der Waals surface area contributed by atoms with Gasteiger partial charge >= 0.3 is 0 Å². The van der Waals surface area contributed by atoms with Crippen LogP contribution >= 0.6 is 0 Å². The highest BCUT2D eigenvalue weighted by atomic mass is 32.2. The Morgan fingerprint density at radius 2 is 1.70 bits per heavy atom. The molecule has 3 unspecified atom stereocenters. The lowest BCUT2D eigenvalue weighted by molar-refractivity contribution is 0.459. The van der Waals surface area contributed by atoms with Crippen LogP contribution in [0.2, 0.25) is 0 Å².